The Kier molecular flexibility index (Phi) is 5.00. The van der Waals surface area contributed by atoms with Crippen molar-refractivity contribution < 1.29 is 5.11 Å². The molecule has 0 aromatic heterocycles. The Morgan fingerprint density at radius 3 is 1.88 bits per heavy atom. The highest BCUT2D eigenvalue weighted by Crippen LogP contribution is 2.37. The van der Waals surface area contributed by atoms with Crippen molar-refractivity contribution >= 4 is 47.8 Å². The lowest BCUT2D eigenvalue weighted by molar-refractivity contribution is 0.188. The van der Waals surface area contributed by atoms with E-state index in [9.17, 15) is 5.11 Å². The Balaban J connectivity index is 3.11. The molecule has 49 valence electrons. The van der Waals surface area contributed by atoms with Crippen molar-refractivity contribution in [3.05, 3.63) is 0 Å². The van der Waals surface area contributed by atoms with Crippen LogP contribution in [0.4, 0.5) is 0 Å². The molecule has 0 saturated heterocycles. The van der Waals surface area contributed by atoms with Crippen LogP contribution in [0.2, 0.25) is 0 Å². The fraction of sp³-hybridized carbons (Fsp3) is 1.00. The van der Waals surface area contributed by atoms with Gasteiger partial charge in [-0.2, -0.15) is 0 Å². The molecule has 0 fully saturated rings. The average molecular weight is 310 g/mol. The minimum Gasteiger partial charge on any atom is -0.237 e. The zero-order chi connectivity index (χ0) is 6.62. The van der Waals surface area contributed by atoms with Gasteiger partial charge >= 0.3 is 0 Å². The molecule has 0 heterocycles. The van der Waals surface area contributed by atoms with E-state index in [2.05, 4.69) is 47.8 Å². The normalized spacial score (nSPS) is 12.0. The van der Waals surface area contributed by atoms with Crippen LogP contribution in [-0.2, 0) is 5.11 Å². The van der Waals surface area contributed by atoms with Crippen molar-refractivity contribution in [1.29, 1.82) is 0 Å². The Hall–Kier alpha value is 1.40. The van der Waals surface area contributed by atoms with Crippen molar-refractivity contribution in [3.63, 3.8) is 0 Å². The van der Waals surface area contributed by atoms with Crippen LogP contribution in [0, 0.1) is 0 Å². The highest BCUT2D eigenvalue weighted by atomic mass is 80.0. The third kappa shape index (κ3) is 7.40. The second-order valence-corrected chi connectivity index (χ2v) is 8.68. The van der Waals surface area contributed by atoms with Gasteiger partial charge in [0.05, 0.1) is 6.61 Å². The van der Waals surface area contributed by atoms with Gasteiger partial charge in [-0.3, -0.25) is 0 Å². The average Bonchev–Trinajstić information content (AvgIpc) is 1.59. The zero-order valence-electron chi connectivity index (χ0n) is 4.16. The van der Waals surface area contributed by atoms with Crippen LogP contribution in [0.1, 0.15) is 12.8 Å². The topological polar surface area (TPSA) is 19.9 Å². The summed E-state index contributed by atoms with van der Waals surface area (Å²) in [4.78, 5) is 0. The summed E-state index contributed by atoms with van der Waals surface area (Å²) in [5.41, 5.74) is 0. The molecule has 0 bridgehead atoms. The first-order chi connectivity index (χ1) is 3.56. The first-order valence-electron chi connectivity index (χ1n) is 2.21. The molecule has 0 aromatic carbocycles. The number of hydrogen-bond donors (Lipinski definition) is 0. The van der Waals surface area contributed by atoms with Gasteiger partial charge in [-0.25, -0.2) is 5.11 Å². The molecule has 0 unspecified atom stereocenters. The largest absolute Gasteiger partial charge is 0.237 e. The number of hydrogen-bond acceptors (Lipinski definition) is 0. The van der Waals surface area contributed by atoms with Crippen molar-refractivity contribution in [2.75, 3.05) is 6.61 Å². The first-order valence-corrected chi connectivity index (χ1v) is 4.59. The predicted molar refractivity (Wildman–Crippen MR) is 44.3 cm³/mol. The molecule has 0 atom stereocenters. The molecule has 0 aromatic rings. The van der Waals surface area contributed by atoms with Crippen LogP contribution in [0.15, 0.2) is 0 Å². The fourth-order valence-corrected chi connectivity index (χ4v) is 1.11. The van der Waals surface area contributed by atoms with Gasteiger partial charge in [0.2, 0.25) is 0 Å². The van der Waals surface area contributed by atoms with E-state index in [0.717, 1.165) is 6.42 Å². The van der Waals surface area contributed by atoms with Crippen LogP contribution in [0.25, 0.3) is 0 Å². The summed E-state index contributed by atoms with van der Waals surface area (Å²) in [5.74, 6) is 0. The SMILES string of the molecule is [O]CCCC(Br)(Br)Br. The van der Waals surface area contributed by atoms with E-state index in [4.69, 9.17) is 0 Å². The molecule has 0 rings (SSSR count). The fourth-order valence-electron chi connectivity index (χ4n) is 0.273. The van der Waals surface area contributed by atoms with Crippen molar-refractivity contribution in [2.24, 2.45) is 0 Å². The lowest BCUT2D eigenvalue weighted by atomic mass is 10.4. The van der Waals surface area contributed by atoms with Crippen LogP contribution >= 0.6 is 47.8 Å². The summed E-state index contributed by atoms with van der Waals surface area (Å²) in [6, 6.07) is 0. The highest BCUT2D eigenvalue weighted by Gasteiger charge is 2.15. The maximum absolute atomic E-state index is 9.91. The van der Waals surface area contributed by atoms with Gasteiger partial charge in [0.15, 0.2) is 0 Å². The summed E-state index contributed by atoms with van der Waals surface area (Å²) in [7, 11) is 0. The second-order valence-electron chi connectivity index (χ2n) is 1.42. The Morgan fingerprint density at radius 2 is 1.75 bits per heavy atom. The quantitative estimate of drug-likeness (QED) is 0.699. The van der Waals surface area contributed by atoms with E-state index >= 15 is 0 Å². The summed E-state index contributed by atoms with van der Waals surface area (Å²) in [6.07, 6.45) is 1.48. The van der Waals surface area contributed by atoms with E-state index in [0.29, 0.717) is 6.42 Å². The third-order valence-electron chi connectivity index (χ3n) is 0.605. The second kappa shape index (κ2) is 4.25. The summed E-state index contributed by atoms with van der Waals surface area (Å²) in [6.45, 7) is -0.00938. The molecule has 0 N–H and O–H groups in total. The molecule has 8 heavy (non-hydrogen) atoms. The smallest absolute Gasteiger partial charge is 0.135 e. The summed E-state index contributed by atoms with van der Waals surface area (Å²) in [5, 5.41) is 9.91. The predicted octanol–water partition coefficient (Wildman–Crippen LogP) is 3.04. The third-order valence-corrected chi connectivity index (χ3v) is 1.79. The van der Waals surface area contributed by atoms with Gasteiger partial charge in [0.25, 0.3) is 0 Å². The molecule has 1 nitrogen and oxygen atoms in total. The first kappa shape index (κ1) is 9.40. The van der Waals surface area contributed by atoms with Crippen molar-refractivity contribution in [2.45, 2.75) is 15.0 Å². The molecule has 0 amide bonds. The highest BCUT2D eigenvalue weighted by molar-refractivity contribution is 9.39. The van der Waals surface area contributed by atoms with Gasteiger partial charge in [-0.05, 0) is 12.8 Å². The van der Waals surface area contributed by atoms with Gasteiger partial charge in [0, 0.05) is 0 Å². The monoisotopic (exact) mass is 307 g/mol. The van der Waals surface area contributed by atoms with Gasteiger partial charge in [-0.15, -0.1) is 0 Å². The molecule has 0 saturated carbocycles. The van der Waals surface area contributed by atoms with E-state index < -0.39 is 0 Å². The maximum atomic E-state index is 9.91. The zero-order valence-corrected chi connectivity index (χ0v) is 8.92. The number of alkyl halides is 3. The van der Waals surface area contributed by atoms with Crippen LogP contribution in [0.5, 0.6) is 0 Å². The van der Waals surface area contributed by atoms with E-state index in [-0.39, 0.29) is 8.75 Å². The van der Waals surface area contributed by atoms with E-state index in [1.807, 2.05) is 0 Å². The molecular weight excluding hydrogens is 304 g/mol. The molecule has 1 radical (unpaired) electrons. The summed E-state index contributed by atoms with van der Waals surface area (Å²) < 4.78 is -0.211. The summed E-state index contributed by atoms with van der Waals surface area (Å²) >= 11 is 9.82. The van der Waals surface area contributed by atoms with Crippen molar-refractivity contribution in [1.82, 2.24) is 0 Å². The van der Waals surface area contributed by atoms with Crippen LogP contribution < -0.4 is 0 Å². The Morgan fingerprint density at radius 1 is 1.25 bits per heavy atom. The molecule has 4 heteroatoms. The molecule has 0 aliphatic rings. The molecule has 0 spiro atoms. The van der Waals surface area contributed by atoms with Crippen LogP contribution in [-0.4, -0.2) is 8.75 Å². The Bertz CT molecular complexity index is 58.8. The Labute approximate surface area is 74.2 Å². The van der Waals surface area contributed by atoms with Gasteiger partial charge in [-0.1, -0.05) is 47.8 Å². The minimum absolute atomic E-state index is 0.00938. The standard InChI is InChI=1S/C4H6Br3O/c5-4(6,7)2-1-3-8/h1-3H2. The van der Waals surface area contributed by atoms with E-state index in [1.54, 1.807) is 0 Å². The van der Waals surface area contributed by atoms with Crippen LogP contribution in [0.3, 0.4) is 0 Å². The number of rotatable bonds is 2. The van der Waals surface area contributed by atoms with Gasteiger partial charge in [0.1, 0.15) is 2.14 Å². The molecular formula is C4H6Br3O. The molecule has 0 aliphatic heterocycles. The molecule has 0 aliphatic carbocycles. The number of halogens is 3. The lowest BCUT2D eigenvalue weighted by Crippen LogP contribution is -1.99. The van der Waals surface area contributed by atoms with Crippen molar-refractivity contribution in [3.8, 4) is 0 Å². The minimum atomic E-state index is -0.211. The maximum Gasteiger partial charge on any atom is 0.135 e. The lowest BCUT2D eigenvalue weighted by Gasteiger charge is -2.08. The van der Waals surface area contributed by atoms with Gasteiger partial charge < -0.3 is 0 Å². The van der Waals surface area contributed by atoms with E-state index in [1.165, 1.54) is 0 Å².